The smallest absolute Gasteiger partial charge is 0.317 e. The van der Waals surface area contributed by atoms with E-state index >= 15 is 0 Å². The molecule has 27 heavy (non-hydrogen) atoms. The summed E-state index contributed by atoms with van der Waals surface area (Å²) in [5.41, 5.74) is 2.24. The van der Waals surface area contributed by atoms with Gasteiger partial charge in [-0.2, -0.15) is 0 Å². The number of rotatable bonds is 3. The Hall–Kier alpha value is -2.69. The minimum atomic E-state index is -0.110. The number of benzene rings is 2. The standard InChI is InChI=1S/C22H26N2O3/c1-26-19-8-6-17(7-9-19)16-23-21(25)24-14-12-22(13-15-24)11-10-18-4-2-3-5-20(18)27-22/h2-9H,10-16H2,1H3,(H,23,25). The van der Waals surface area contributed by atoms with Crippen molar-refractivity contribution in [2.75, 3.05) is 20.2 Å². The second-order valence-corrected chi connectivity index (χ2v) is 7.39. The molecule has 1 spiro atoms. The van der Waals surface area contributed by atoms with Crippen molar-refractivity contribution in [1.29, 1.82) is 0 Å². The Morgan fingerprint density at radius 1 is 1.11 bits per heavy atom. The summed E-state index contributed by atoms with van der Waals surface area (Å²) in [7, 11) is 1.65. The highest BCUT2D eigenvalue weighted by Gasteiger charge is 2.40. The number of hydrogen-bond donors (Lipinski definition) is 1. The second-order valence-electron chi connectivity index (χ2n) is 7.39. The fraction of sp³-hybridized carbons (Fsp3) is 0.409. The normalized spacial score (nSPS) is 17.7. The van der Waals surface area contributed by atoms with Gasteiger partial charge in [-0.15, -0.1) is 0 Å². The van der Waals surface area contributed by atoms with Crippen molar-refractivity contribution < 1.29 is 14.3 Å². The van der Waals surface area contributed by atoms with Crippen LogP contribution >= 0.6 is 0 Å². The number of nitrogens with zero attached hydrogens (tertiary/aromatic N) is 1. The maximum Gasteiger partial charge on any atom is 0.317 e. The lowest BCUT2D eigenvalue weighted by molar-refractivity contribution is -0.00553. The minimum absolute atomic E-state index is 0.00289. The highest BCUT2D eigenvalue weighted by atomic mass is 16.5. The zero-order chi connectivity index (χ0) is 18.7. The summed E-state index contributed by atoms with van der Waals surface area (Å²) in [5.74, 6) is 1.83. The van der Waals surface area contributed by atoms with Crippen LogP contribution in [-0.4, -0.2) is 36.7 Å². The number of nitrogens with one attached hydrogen (secondary N) is 1. The summed E-state index contributed by atoms with van der Waals surface area (Å²) < 4.78 is 11.5. The maximum atomic E-state index is 12.5. The summed E-state index contributed by atoms with van der Waals surface area (Å²) >= 11 is 0. The second kappa shape index (κ2) is 7.51. The summed E-state index contributed by atoms with van der Waals surface area (Å²) in [5, 5.41) is 3.02. The predicted molar refractivity (Wildman–Crippen MR) is 104 cm³/mol. The molecule has 0 bridgehead atoms. The SMILES string of the molecule is COc1ccc(CNC(=O)N2CCC3(CCc4ccccc4O3)CC2)cc1. The zero-order valence-corrected chi connectivity index (χ0v) is 15.7. The maximum absolute atomic E-state index is 12.5. The van der Waals surface area contributed by atoms with Crippen LogP contribution in [0, 0.1) is 0 Å². The third-order valence-electron chi connectivity index (χ3n) is 5.71. The number of fused-ring (bicyclic) bond motifs is 1. The van der Waals surface area contributed by atoms with Crippen LogP contribution in [0.2, 0.25) is 0 Å². The van der Waals surface area contributed by atoms with Crippen molar-refractivity contribution in [2.45, 2.75) is 37.8 Å². The molecule has 1 fully saturated rings. The topological polar surface area (TPSA) is 50.8 Å². The van der Waals surface area contributed by atoms with Gasteiger partial charge in [0.25, 0.3) is 0 Å². The number of piperidine rings is 1. The lowest BCUT2D eigenvalue weighted by Gasteiger charge is -2.44. The number of ether oxygens (including phenoxy) is 2. The molecule has 1 saturated heterocycles. The summed E-state index contributed by atoms with van der Waals surface area (Å²) in [6.07, 6.45) is 3.86. The summed E-state index contributed by atoms with van der Waals surface area (Å²) in [4.78, 5) is 14.4. The highest BCUT2D eigenvalue weighted by Crippen LogP contribution is 2.39. The van der Waals surface area contributed by atoms with E-state index in [9.17, 15) is 4.79 Å². The number of likely N-dealkylation sites (tertiary alicyclic amines) is 1. The molecule has 4 rings (SSSR count). The molecule has 2 amide bonds. The van der Waals surface area contributed by atoms with Gasteiger partial charge in [-0.05, 0) is 42.2 Å². The molecule has 2 aromatic carbocycles. The highest BCUT2D eigenvalue weighted by molar-refractivity contribution is 5.74. The van der Waals surface area contributed by atoms with Gasteiger partial charge in [0.1, 0.15) is 17.1 Å². The van der Waals surface area contributed by atoms with Crippen molar-refractivity contribution in [3.63, 3.8) is 0 Å². The van der Waals surface area contributed by atoms with E-state index in [1.807, 2.05) is 35.2 Å². The molecule has 0 unspecified atom stereocenters. The third-order valence-corrected chi connectivity index (χ3v) is 5.71. The van der Waals surface area contributed by atoms with Crippen LogP contribution in [0.25, 0.3) is 0 Å². The molecule has 0 radical (unpaired) electrons. The number of urea groups is 1. The summed E-state index contributed by atoms with van der Waals surface area (Å²) in [6.45, 7) is 1.99. The van der Waals surface area contributed by atoms with Gasteiger partial charge in [0.15, 0.2) is 0 Å². The average molecular weight is 366 g/mol. The Balaban J connectivity index is 1.29. The quantitative estimate of drug-likeness (QED) is 0.900. The molecule has 2 aliphatic heterocycles. The van der Waals surface area contributed by atoms with Gasteiger partial charge in [-0.25, -0.2) is 4.79 Å². The Morgan fingerprint density at radius 2 is 1.85 bits per heavy atom. The van der Waals surface area contributed by atoms with Crippen molar-refractivity contribution in [2.24, 2.45) is 0 Å². The van der Waals surface area contributed by atoms with Gasteiger partial charge in [0, 0.05) is 32.5 Å². The van der Waals surface area contributed by atoms with Crippen LogP contribution in [0.3, 0.4) is 0 Å². The molecule has 142 valence electrons. The van der Waals surface area contributed by atoms with E-state index in [4.69, 9.17) is 9.47 Å². The lowest BCUT2D eigenvalue weighted by Crippen LogP contribution is -2.53. The molecule has 1 N–H and O–H groups in total. The van der Waals surface area contributed by atoms with Crippen LogP contribution in [0.4, 0.5) is 4.79 Å². The molecule has 5 heteroatoms. The number of amides is 2. The minimum Gasteiger partial charge on any atom is -0.497 e. The molecular formula is C22H26N2O3. The van der Waals surface area contributed by atoms with Crippen LogP contribution < -0.4 is 14.8 Å². The molecule has 2 aliphatic rings. The van der Waals surface area contributed by atoms with E-state index in [-0.39, 0.29) is 11.6 Å². The van der Waals surface area contributed by atoms with Gasteiger partial charge in [-0.3, -0.25) is 0 Å². The molecular weight excluding hydrogens is 340 g/mol. The monoisotopic (exact) mass is 366 g/mol. The number of carbonyl (C=O) groups excluding carboxylic acids is 1. The van der Waals surface area contributed by atoms with Gasteiger partial charge >= 0.3 is 6.03 Å². The Morgan fingerprint density at radius 3 is 2.59 bits per heavy atom. The predicted octanol–water partition coefficient (Wildman–Crippen LogP) is 3.76. The molecule has 2 heterocycles. The molecule has 5 nitrogen and oxygen atoms in total. The first-order valence-corrected chi connectivity index (χ1v) is 9.60. The van der Waals surface area contributed by atoms with Gasteiger partial charge in [0.05, 0.1) is 7.11 Å². The van der Waals surface area contributed by atoms with Gasteiger partial charge in [-0.1, -0.05) is 30.3 Å². The fourth-order valence-electron chi connectivity index (χ4n) is 3.96. The number of aryl methyl sites for hydroxylation is 1. The average Bonchev–Trinajstić information content (AvgIpc) is 2.73. The molecule has 0 aromatic heterocycles. The van der Waals surface area contributed by atoms with E-state index < -0.39 is 0 Å². The van der Waals surface area contributed by atoms with Gasteiger partial charge in [0.2, 0.25) is 0 Å². The first kappa shape index (κ1) is 17.7. The number of hydrogen-bond acceptors (Lipinski definition) is 3. The largest absolute Gasteiger partial charge is 0.497 e. The Labute approximate surface area is 160 Å². The molecule has 0 aliphatic carbocycles. The first-order chi connectivity index (χ1) is 13.2. The molecule has 2 aromatic rings. The van der Waals surface area contributed by atoms with E-state index in [0.717, 1.165) is 55.8 Å². The van der Waals surface area contributed by atoms with E-state index in [2.05, 4.69) is 23.5 Å². The van der Waals surface area contributed by atoms with Crippen LogP contribution in [0.5, 0.6) is 11.5 Å². The van der Waals surface area contributed by atoms with Crippen LogP contribution in [0.15, 0.2) is 48.5 Å². The molecule has 0 atom stereocenters. The Bertz CT molecular complexity index is 795. The summed E-state index contributed by atoms with van der Waals surface area (Å²) in [6, 6.07) is 16.0. The van der Waals surface area contributed by atoms with Crippen molar-refractivity contribution in [1.82, 2.24) is 10.2 Å². The molecule has 0 saturated carbocycles. The zero-order valence-electron chi connectivity index (χ0n) is 15.7. The van der Waals surface area contributed by atoms with Crippen molar-refractivity contribution in [3.8, 4) is 11.5 Å². The van der Waals surface area contributed by atoms with E-state index in [0.29, 0.717) is 6.54 Å². The lowest BCUT2D eigenvalue weighted by atomic mass is 9.83. The first-order valence-electron chi connectivity index (χ1n) is 9.60. The van der Waals surface area contributed by atoms with Gasteiger partial charge < -0.3 is 19.7 Å². The van der Waals surface area contributed by atoms with Crippen LogP contribution in [0.1, 0.15) is 30.4 Å². The van der Waals surface area contributed by atoms with Crippen molar-refractivity contribution in [3.05, 3.63) is 59.7 Å². The number of para-hydroxylation sites is 1. The van der Waals surface area contributed by atoms with E-state index in [1.54, 1.807) is 7.11 Å². The fourth-order valence-corrected chi connectivity index (χ4v) is 3.96. The third kappa shape index (κ3) is 3.87. The Kier molecular flexibility index (Phi) is 4.92. The van der Waals surface area contributed by atoms with E-state index in [1.165, 1.54) is 5.56 Å². The number of methoxy groups -OCH3 is 1. The van der Waals surface area contributed by atoms with Crippen LogP contribution in [-0.2, 0) is 13.0 Å². The van der Waals surface area contributed by atoms with Crippen molar-refractivity contribution >= 4 is 6.03 Å². The number of carbonyl (C=O) groups is 1.